The van der Waals surface area contributed by atoms with Gasteiger partial charge in [-0.2, -0.15) is 0 Å². The molecule has 1 aromatic rings. The van der Waals surface area contributed by atoms with Crippen molar-refractivity contribution in [3.05, 3.63) is 27.8 Å². The third-order valence-corrected chi connectivity index (χ3v) is 3.54. The van der Waals surface area contributed by atoms with E-state index in [0.717, 1.165) is 8.47 Å². The average molecular weight is 389 g/mol. The second-order valence-electron chi connectivity index (χ2n) is 4.22. The van der Waals surface area contributed by atoms with Gasteiger partial charge in [-0.25, -0.2) is 9.59 Å². The lowest BCUT2D eigenvalue weighted by Crippen LogP contribution is -2.60. The maximum Gasteiger partial charge on any atom is 0.328 e. The number of carbonyl (C=O) groups excluding carboxylic acids is 2. The van der Waals surface area contributed by atoms with Crippen LogP contribution < -0.4 is 10.6 Å². The summed E-state index contributed by atoms with van der Waals surface area (Å²) in [6.07, 6.45) is 0. The first-order valence-electron chi connectivity index (χ1n) is 5.80. The lowest BCUT2D eigenvalue weighted by molar-refractivity contribution is -0.144. The molecule has 0 aliphatic carbocycles. The highest BCUT2D eigenvalue weighted by Gasteiger charge is 2.35. The Balaban J connectivity index is 2.10. The van der Waals surface area contributed by atoms with Crippen LogP contribution in [0.5, 0.6) is 0 Å². The van der Waals surface area contributed by atoms with Gasteiger partial charge in [0.2, 0.25) is 5.91 Å². The number of carboxylic acids is 1. The molecule has 1 aliphatic rings. The summed E-state index contributed by atoms with van der Waals surface area (Å²) in [5.74, 6) is -1.52. The zero-order valence-corrected chi connectivity index (χ0v) is 12.5. The SMILES string of the molecule is O=C1CN(C(=O)Nc2ccc(I)cc2)C(C(=O)O)CN1. The molecule has 0 spiro atoms. The van der Waals surface area contributed by atoms with E-state index < -0.39 is 18.0 Å². The summed E-state index contributed by atoms with van der Waals surface area (Å²) in [7, 11) is 0. The van der Waals surface area contributed by atoms with Crippen molar-refractivity contribution in [1.82, 2.24) is 10.2 Å². The fourth-order valence-electron chi connectivity index (χ4n) is 1.80. The predicted octanol–water partition coefficient (Wildman–Crippen LogP) is 0.708. The molecular weight excluding hydrogens is 377 g/mol. The van der Waals surface area contributed by atoms with Gasteiger partial charge < -0.3 is 15.7 Å². The number of piperazine rings is 1. The zero-order valence-electron chi connectivity index (χ0n) is 10.3. The number of benzene rings is 1. The summed E-state index contributed by atoms with van der Waals surface area (Å²) in [6.45, 7) is -0.360. The quantitative estimate of drug-likeness (QED) is 0.649. The number of rotatable bonds is 2. The summed E-state index contributed by atoms with van der Waals surface area (Å²) in [6, 6.07) is 5.38. The Labute approximate surface area is 128 Å². The Kier molecular flexibility index (Phi) is 4.42. The van der Waals surface area contributed by atoms with Gasteiger partial charge in [0, 0.05) is 15.8 Å². The van der Waals surface area contributed by atoms with Crippen LogP contribution in [0.25, 0.3) is 0 Å². The summed E-state index contributed by atoms with van der Waals surface area (Å²) in [4.78, 5) is 35.5. The van der Waals surface area contributed by atoms with E-state index in [4.69, 9.17) is 5.11 Å². The second kappa shape index (κ2) is 6.07. The zero-order chi connectivity index (χ0) is 14.7. The maximum atomic E-state index is 12.1. The summed E-state index contributed by atoms with van der Waals surface area (Å²) in [5, 5.41) is 14.1. The van der Waals surface area contributed by atoms with Crippen LogP contribution in [-0.2, 0) is 9.59 Å². The number of hydrogen-bond acceptors (Lipinski definition) is 3. The van der Waals surface area contributed by atoms with Crippen molar-refractivity contribution in [3.8, 4) is 0 Å². The third kappa shape index (κ3) is 3.38. The second-order valence-corrected chi connectivity index (χ2v) is 5.47. The van der Waals surface area contributed by atoms with Crippen LogP contribution in [-0.4, -0.2) is 47.0 Å². The molecule has 2 rings (SSSR count). The fourth-order valence-corrected chi connectivity index (χ4v) is 2.16. The minimum Gasteiger partial charge on any atom is -0.480 e. The molecular formula is C12H12IN3O4. The molecule has 0 aromatic heterocycles. The number of nitrogens with one attached hydrogen (secondary N) is 2. The molecule has 8 heteroatoms. The van der Waals surface area contributed by atoms with E-state index in [1.54, 1.807) is 12.1 Å². The van der Waals surface area contributed by atoms with Crippen LogP contribution >= 0.6 is 22.6 Å². The molecule has 1 saturated heterocycles. The lowest BCUT2D eigenvalue weighted by Gasteiger charge is -2.32. The molecule has 1 aromatic carbocycles. The molecule has 106 valence electrons. The normalized spacial score (nSPS) is 18.4. The van der Waals surface area contributed by atoms with E-state index in [0.29, 0.717) is 5.69 Å². The first-order valence-corrected chi connectivity index (χ1v) is 6.88. The Bertz CT molecular complexity index is 546. The summed E-state index contributed by atoms with van der Waals surface area (Å²) in [5.41, 5.74) is 0.547. The molecule has 1 aliphatic heterocycles. The van der Waals surface area contributed by atoms with Crippen LogP contribution in [0.1, 0.15) is 0 Å². The highest BCUT2D eigenvalue weighted by atomic mass is 127. The number of carbonyl (C=O) groups is 3. The molecule has 0 bridgehead atoms. The number of nitrogens with zero attached hydrogens (tertiary/aromatic N) is 1. The number of carboxylic acid groups (broad SMARTS) is 1. The van der Waals surface area contributed by atoms with Gasteiger partial charge in [0.05, 0.1) is 0 Å². The molecule has 0 radical (unpaired) electrons. The Morgan fingerprint density at radius 2 is 2.00 bits per heavy atom. The van der Waals surface area contributed by atoms with Crippen molar-refractivity contribution in [2.75, 3.05) is 18.4 Å². The highest BCUT2D eigenvalue weighted by Crippen LogP contribution is 2.13. The van der Waals surface area contributed by atoms with Crippen molar-refractivity contribution < 1.29 is 19.5 Å². The van der Waals surface area contributed by atoms with Gasteiger partial charge in [-0.3, -0.25) is 9.69 Å². The van der Waals surface area contributed by atoms with Crippen LogP contribution in [0.2, 0.25) is 0 Å². The first kappa shape index (κ1) is 14.6. The van der Waals surface area contributed by atoms with E-state index in [-0.39, 0.29) is 19.0 Å². The van der Waals surface area contributed by atoms with Crippen molar-refractivity contribution in [3.63, 3.8) is 0 Å². The van der Waals surface area contributed by atoms with Crippen molar-refractivity contribution in [2.24, 2.45) is 0 Å². The minimum atomic E-state index is -1.15. The molecule has 3 amide bonds. The largest absolute Gasteiger partial charge is 0.480 e. The molecule has 0 saturated carbocycles. The summed E-state index contributed by atoms with van der Waals surface area (Å²) >= 11 is 2.13. The predicted molar refractivity (Wildman–Crippen MR) is 79.3 cm³/mol. The highest BCUT2D eigenvalue weighted by molar-refractivity contribution is 14.1. The average Bonchev–Trinajstić information content (AvgIpc) is 2.41. The van der Waals surface area contributed by atoms with Gasteiger partial charge in [-0.15, -0.1) is 0 Å². The molecule has 1 fully saturated rings. The van der Waals surface area contributed by atoms with Gasteiger partial charge in [0.15, 0.2) is 0 Å². The molecule has 1 heterocycles. The van der Waals surface area contributed by atoms with E-state index in [2.05, 4.69) is 33.2 Å². The molecule has 20 heavy (non-hydrogen) atoms. The van der Waals surface area contributed by atoms with Crippen LogP contribution in [0.3, 0.4) is 0 Å². The van der Waals surface area contributed by atoms with E-state index >= 15 is 0 Å². The smallest absolute Gasteiger partial charge is 0.328 e. The standard InChI is InChI=1S/C12H12IN3O4/c13-7-1-3-8(4-2-7)15-12(20)16-6-10(17)14-5-9(16)11(18)19/h1-4,9H,5-6H2,(H,14,17)(H,15,20)(H,18,19). The number of hydrogen-bond donors (Lipinski definition) is 3. The third-order valence-electron chi connectivity index (χ3n) is 2.82. The fraction of sp³-hybridized carbons (Fsp3) is 0.250. The Hall–Kier alpha value is -1.84. The van der Waals surface area contributed by atoms with E-state index in [9.17, 15) is 14.4 Å². The van der Waals surface area contributed by atoms with Crippen molar-refractivity contribution >= 4 is 46.2 Å². The van der Waals surface area contributed by atoms with E-state index in [1.807, 2.05) is 12.1 Å². The van der Waals surface area contributed by atoms with Gasteiger partial charge >= 0.3 is 12.0 Å². The number of halogens is 1. The first-order chi connectivity index (χ1) is 9.47. The van der Waals surface area contributed by atoms with Crippen molar-refractivity contribution in [2.45, 2.75) is 6.04 Å². The summed E-state index contributed by atoms with van der Waals surface area (Å²) < 4.78 is 1.02. The Morgan fingerprint density at radius 3 is 2.60 bits per heavy atom. The molecule has 1 atom stereocenters. The van der Waals surface area contributed by atoms with E-state index in [1.165, 1.54) is 0 Å². The Morgan fingerprint density at radius 1 is 1.35 bits per heavy atom. The number of urea groups is 1. The van der Waals surface area contributed by atoms with Crippen molar-refractivity contribution in [1.29, 1.82) is 0 Å². The van der Waals surface area contributed by atoms with Crippen LogP contribution in [0, 0.1) is 3.57 Å². The molecule has 3 N–H and O–H groups in total. The maximum absolute atomic E-state index is 12.1. The van der Waals surface area contributed by atoms with Gasteiger partial charge in [0.1, 0.15) is 12.6 Å². The number of anilines is 1. The molecule has 7 nitrogen and oxygen atoms in total. The minimum absolute atomic E-state index is 0.0890. The van der Waals surface area contributed by atoms with Crippen LogP contribution in [0.15, 0.2) is 24.3 Å². The monoisotopic (exact) mass is 389 g/mol. The topological polar surface area (TPSA) is 98.7 Å². The van der Waals surface area contributed by atoms with Gasteiger partial charge in [-0.05, 0) is 46.9 Å². The van der Waals surface area contributed by atoms with Crippen LogP contribution in [0.4, 0.5) is 10.5 Å². The van der Waals surface area contributed by atoms with Gasteiger partial charge in [-0.1, -0.05) is 0 Å². The van der Waals surface area contributed by atoms with Gasteiger partial charge in [0.25, 0.3) is 0 Å². The number of amides is 3. The molecule has 1 unspecified atom stereocenters. The number of aliphatic carboxylic acids is 1. The lowest BCUT2D eigenvalue weighted by atomic mass is 10.2.